The minimum Gasteiger partial charge on any atom is -0.593 e. The van der Waals surface area contributed by atoms with E-state index in [0.717, 1.165) is 16.5 Å². The standard InChI is InChI=1S/C17H18FN3O2S/c1-23-13-6-11(7-14(9-13)24(22)21-5-4-19)16-10-20-17-8-12(18)2-3-15(16)17/h2-3,6-10,20-21H,4-5,19H2,1H3. The maximum absolute atomic E-state index is 13.4. The van der Waals surface area contributed by atoms with Crippen molar-refractivity contribution in [2.75, 3.05) is 20.2 Å². The molecule has 0 bridgehead atoms. The molecular formula is C17H18FN3O2S. The summed E-state index contributed by atoms with van der Waals surface area (Å²) in [5, 5.41) is 0.885. The van der Waals surface area contributed by atoms with Gasteiger partial charge in [0.05, 0.1) is 25.0 Å². The molecule has 4 N–H and O–H groups in total. The number of halogens is 1. The van der Waals surface area contributed by atoms with Crippen LogP contribution in [0.2, 0.25) is 0 Å². The molecule has 3 rings (SSSR count). The van der Waals surface area contributed by atoms with E-state index in [0.29, 0.717) is 29.3 Å². The molecule has 1 aromatic heterocycles. The first-order valence-electron chi connectivity index (χ1n) is 7.44. The highest BCUT2D eigenvalue weighted by Crippen LogP contribution is 2.33. The van der Waals surface area contributed by atoms with Gasteiger partial charge < -0.3 is 20.0 Å². The van der Waals surface area contributed by atoms with Crippen LogP contribution in [0.15, 0.2) is 47.5 Å². The minimum absolute atomic E-state index is 0.297. The molecule has 1 atom stereocenters. The molecule has 0 radical (unpaired) electrons. The van der Waals surface area contributed by atoms with Crippen LogP contribution in [0.3, 0.4) is 0 Å². The van der Waals surface area contributed by atoms with Gasteiger partial charge in [0.1, 0.15) is 11.6 Å². The third kappa shape index (κ3) is 3.39. The lowest BCUT2D eigenvalue weighted by Gasteiger charge is -2.12. The number of nitrogens with two attached hydrogens (primary N) is 1. The molecule has 1 heterocycles. The lowest BCUT2D eigenvalue weighted by molar-refractivity contribution is 0.413. The molecule has 0 spiro atoms. The summed E-state index contributed by atoms with van der Waals surface area (Å²) in [5.74, 6) is 0.302. The van der Waals surface area contributed by atoms with Crippen molar-refractivity contribution < 1.29 is 13.7 Å². The first-order valence-corrected chi connectivity index (χ1v) is 8.59. The Balaban J connectivity index is 2.05. The number of fused-ring (bicyclic) bond motifs is 1. The summed E-state index contributed by atoms with van der Waals surface area (Å²) in [6.07, 6.45) is 1.80. The largest absolute Gasteiger partial charge is 0.593 e. The molecule has 0 saturated carbocycles. The Morgan fingerprint density at radius 3 is 2.88 bits per heavy atom. The Labute approximate surface area is 142 Å². The first kappa shape index (κ1) is 16.8. The molecule has 0 saturated heterocycles. The van der Waals surface area contributed by atoms with Crippen LogP contribution in [0.1, 0.15) is 0 Å². The van der Waals surface area contributed by atoms with E-state index in [9.17, 15) is 8.94 Å². The fourth-order valence-electron chi connectivity index (χ4n) is 2.52. The summed E-state index contributed by atoms with van der Waals surface area (Å²) >= 11 is -1.38. The molecule has 126 valence electrons. The monoisotopic (exact) mass is 347 g/mol. The fourth-order valence-corrected chi connectivity index (χ4v) is 3.45. The van der Waals surface area contributed by atoms with Crippen LogP contribution < -0.4 is 15.2 Å². The molecule has 2 aromatic carbocycles. The molecule has 0 aliphatic heterocycles. The van der Waals surface area contributed by atoms with Crippen LogP contribution >= 0.6 is 0 Å². The van der Waals surface area contributed by atoms with Crippen molar-refractivity contribution in [1.82, 2.24) is 9.71 Å². The summed E-state index contributed by atoms with van der Waals surface area (Å²) < 4.78 is 33.9. The van der Waals surface area contributed by atoms with Gasteiger partial charge in [-0.2, -0.15) is 0 Å². The number of nitrogens with one attached hydrogen (secondary N) is 2. The van der Waals surface area contributed by atoms with Crippen molar-refractivity contribution in [3.63, 3.8) is 0 Å². The van der Waals surface area contributed by atoms with Crippen LogP contribution in [0.4, 0.5) is 4.39 Å². The van der Waals surface area contributed by atoms with E-state index in [2.05, 4.69) is 9.71 Å². The zero-order valence-electron chi connectivity index (χ0n) is 13.1. The first-order chi connectivity index (χ1) is 11.6. The van der Waals surface area contributed by atoms with Crippen molar-refractivity contribution in [2.24, 2.45) is 5.73 Å². The van der Waals surface area contributed by atoms with Gasteiger partial charge in [0.25, 0.3) is 0 Å². The topological polar surface area (TPSA) is 86.1 Å². The van der Waals surface area contributed by atoms with Crippen molar-refractivity contribution in [2.45, 2.75) is 4.90 Å². The second kappa shape index (κ2) is 7.23. The predicted molar refractivity (Wildman–Crippen MR) is 93.7 cm³/mol. The SMILES string of the molecule is COc1cc(-c2c[nH]c3cc(F)ccc23)cc([S+]([O-])NCCN)c1. The molecule has 0 amide bonds. The van der Waals surface area contributed by atoms with Crippen LogP contribution in [0.5, 0.6) is 5.75 Å². The third-order valence-electron chi connectivity index (χ3n) is 3.66. The molecular weight excluding hydrogens is 329 g/mol. The smallest absolute Gasteiger partial charge is 0.178 e. The molecule has 24 heavy (non-hydrogen) atoms. The molecule has 1 unspecified atom stereocenters. The number of benzene rings is 2. The molecule has 0 aliphatic rings. The van der Waals surface area contributed by atoms with E-state index in [1.807, 2.05) is 12.1 Å². The summed E-state index contributed by atoms with van der Waals surface area (Å²) in [6.45, 7) is 0.849. The number of rotatable bonds is 6. The molecule has 3 aromatic rings. The highest BCUT2D eigenvalue weighted by atomic mass is 32.2. The zero-order chi connectivity index (χ0) is 17.1. The number of H-pyrrole nitrogens is 1. The maximum Gasteiger partial charge on any atom is 0.178 e. The van der Waals surface area contributed by atoms with E-state index < -0.39 is 11.4 Å². The molecule has 5 nitrogen and oxygen atoms in total. The van der Waals surface area contributed by atoms with E-state index in [4.69, 9.17) is 10.5 Å². The van der Waals surface area contributed by atoms with Crippen LogP contribution in [0.25, 0.3) is 22.0 Å². The van der Waals surface area contributed by atoms with Gasteiger partial charge in [0.15, 0.2) is 4.90 Å². The van der Waals surface area contributed by atoms with Gasteiger partial charge in [-0.15, -0.1) is 4.72 Å². The van der Waals surface area contributed by atoms with Gasteiger partial charge in [-0.25, -0.2) is 4.39 Å². The van der Waals surface area contributed by atoms with Crippen molar-refractivity contribution in [3.8, 4) is 16.9 Å². The number of ether oxygens (including phenoxy) is 1. The Morgan fingerprint density at radius 1 is 1.29 bits per heavy atom. The van der Waals surface area contributed by atoms with Gasteiger partial charge in [0, 0.05) is 41.3 Å². The average molecular weight is 347 g/mol. The summed E-state index contributed by atoms with van der Waals surface area (Å²) in [5.41, 5.74) is 7.87. The van der Waals surface area contributed by atoms with Crippen LogP contribution in [0, 0.1) is 5.82 Å². The minimum atomic E-state index is -1.38. The van der Waals surface area contributed by atoms with Gasteiger partial charge in [0.2, 0.25) is 0 Å². The Morgan fingerprint density at radius 2 is 2.12 bits per heavy atom. The molecule has 0 fully saturated rings. The quantitative estimate of drug-likeness (QED) is 0.598. The van der Waals surface area contributed by atoms with Crippen molar-refractivity contribution in [3.05, 3.63) is 48.4 Å². The number of hydrogen-bond acceptors (Lipinski definition) is 4. The fraction of sp³-hybridized carbons (Fsp3) is 0.176. The predicted octanol–water partition coefficient (Wildman–Crippen LogP) is 2.55. The molecule has 0 aliphatic carbocycles. The van der Waals surface area contributed by atoms with Crippen LogP contribution in [-0.2, 0) is 11.4 Å². The second-order valence-electron chi connectivity index (χ2n) is 5.24. The Bertz CT molecular complexity index is 853. The highest BCUT2D eigenvalue weighted by molar-refractivity contribution is 7.89. The highest BCUT2D eigenvalue weighted by Gasteiger charge is 2.16. The van der Waals surface area contributed by atoms with E-state index in [1.54, 1.807) is 25.4 Å². The number of aromatic amines is 1. The van der Waals surface area contributed by atoms with Crippen molar-refractivity contribution in [1.29, 1.82) is 0 Å². The van der Waals surface area contributed by atoms with Crippen molar-refractivity contribution >= 4 is 22.3 Å². The molecule has 7 heteroatoms. The summed E-state index contributed by atoms with van der Waals surface area (Å²) in [7, 11) is 1.56. The summed E-state index contributed by atoms with van der Waals surface area (Å²) in [4.78, 5) is 3.65. The van der Waals surface area contributed by atoms with E-state index in [1.165, 1.54) is 12.1 Å². The van der Waals surface area contributed by atoms with Gasteiger partial charge in [-0.05, 0) is 29.8 Å². The number of aromatic nitrogens is 1. The maximum atomic E-state index is 13.4. The lowest BCUT2D eigenvalue weighted by Crippen LogP contribution is -2.29. The average Bonchev–Trinajstić information content (AvgIpc) is 3.02. The zero-order valence-corrected chi connectivity index (χ0v) is 14.0. The normalized spacial score (nSPS) is 12.5. The summed E-state index contributed by atoms with van der Waals surface area (Å²) in [6, 6.07) is 9.99. The number of hydrogen-bond donors (Lipinski definition) is 3. The van der Waals surface area contributed by atoms with Gasteiger partial charge in [-0.3, -0.25) is 0 Å². The number of methoxy groups -OCH3 is 1. The van der Waals surface area contributed by atoms with Gasteiger partial charge >= 0.3 is 0 Å². The lowest BCUT2D eigenvalue weighted by atomic mass is 10.0. The van der Waals surface area contributed by atoms with Crippen LogP contribution in [-0.4, -0.2) is 29.7 Å². The second-order valence-corrected chi connectivity index (χ2v) is 6.54. The van der Waals surface area contributed by atoms with E-state index >= 15 is 0 Å². The van der Waals surface area contributed by atoms with Gasteiger partial charge in [-0.1, -0.05) is 0 Å². The van der Waals surface area contributed by atoms with E-state index in [-0.39, 0.29) is 5.82 Å². The third-order valence-corrected chi connectivity index (χ3v) is 4.79. The Hall–Kier alpha value is -2.06. The Kier molecular flexibility index (Phi) is 5.06.